The lowest BCUT2D eigenvalue weighted by Crippen LogP contribution is -2.07. The second-order valence-corrected chi connectivity index (χ2v) is 4.30. The van der Waals surface area contributed by atoms with Crippen LogP contribution in [0.3, 0.4) is 0 Å². The Bertz CT molecular complexity index is 650. The van der Waals surface area contributed by atoms with Gasteiger partial charge in [-0.3, -0.25) is 4.79 Å². The van der Waals surface area contributed by atoms with Crippen LogP contribution in [-0.2, 0) is 9.53 Å². The van der Waals surface area contributed by atoms with Crippen molar-refractivity contribution in [2.24, 2.45) is 0 Å². The van der Waals surface area contributed by atoms with E-state index in [0.717, 1.165) is 11.1 Å². The molecule has 2 aromatic carbocycles. The van der Waals surface area contributed by atoms with Crippen LogP contribution in [0.25, 0.3) is 11.1 Å². The number of carbonyl (C=O) groups is 2. The predicted molar refractivity (Wildman–Crippen MR) is 77.5 cm³/mol. The number of ether oxygens (including phenoxy) is 1. The zero-order chi connectivity index (χ0) is 14.5. The molecule has 0 atom stereocenters. The molecule has 2 rings (SSSR count). The number of anilines is 1. The Kier molecular flexibility index (Phi) is 4.15. The highest BCUT2D eigenvalue weighted by molar-refractivity contribution is 5.95. The Morgan fingerprint density at radius 2 is 1.80 bits per heavy atom. The van der Waals surface area contributed by atoms with Crippen LogP contribution in [0.5, 0.6) is 0 Å². The van der Waals surface area contributed by atoms with Crippen LogP contribution < -0.4 is 5.32 Å². The van der Waals surface area contributed by atoms with Crippen LogP contribution in [-0.4, -0.2) is 19.0 Å². The van der Waals surface area contributed by atoms with Crippen LogP contribution in [0, 0.1) is 0 Å². The molecule has 0 radical (unpaired) electrons. The molecule has 0 aliphatic rings. The minimum absolute atomic E-state index is 0.137. The fourth-order valence-corrected chi connectivity index (χ4v) is 1.97. The zero-order valence-electron chi connectivity index (χ0n) is 11.3. The number of amides is 1. The number of esters is 1. The molecule has 0 saturated heterocycles. The topological polar surface area (TPSA) is 55.4 Å². The molecule has 0 unspecified atom stereocenters. The van der Waals surface area contributed by atoms with Gasteiger partial charge in [-0.1, -0.05) is 30.3 Å². The van der Waals surface area contributed by atoms with Gasteiger partial charge in [0.25, 0.3) is 0 Å². The normalized spacial score (nSPS) is 9.90. The minimum Gasteiger partial charge on any atom is -0.465 e. The summed E-state index contributed by atoms with van der Waals surface area (Å²) in [6, 6.07) is 14.5. The second-order valence-electron chi connectivity index (χ2n) is 4.30. The third kappa shape index (κ3) is 3.03. The van der Waals surface area contributed by atoms with Gasteiger partial charge in [-0.15, -0.1) is 0 Å². The van der Waals surface area contributed by atoms with E-state index in [2.05, 4.69) is 5.32 Å². The fourth-order valence-electron chi connectivity index (χ4n) is 1.97. The summed E-state index contributed by atoms with van der Waals surface area (Å²) in [5.74, 6) is -0.523. The van der Waals surface area contributed by atoms with Crippen LogP contribution in [0.4, 0.5) is 5.69 Å². The van der Waals surface area contributed by atoms with E-state index in [-0.39, 0.29) is 11.9 Å². The number of benzene rings is 2. The van der Waals surface area contributed by atoms with Gasteiger partial charge in [-0.2, -0.15) is 0 Å². The minimum atomic E-state index is -0.385. The standard InChI is InChI=1S/C16H15NO3/c1-11(18)17-15-9-4-3-8-14(15)12-6-5-7-13(10-12)16(19)20-2/h3-10H,1-2H3,(H,17,18). The van der Waals surface area contributed by atoms with E-state index < -0.39 is 0 Å². The maximum atomic E-state index is 11.6. The number of para-hydroxylation sites is 1. The van der Waals surface area contributed by atoms with Gasteiger partial charge in [-0.25, -0.2) is 4.79 Å². The highest BCUT2D eigenvalue weighted by atomic mass is 16.5. The molecular formula is C16H15NO3. The van der Waals surface area contributed by atoms with Crippen molar-refractivity contribution in [2.45, 2.75) is 6.92 Å². The quantitative estimate of drug-likeness (QED) is 0.871. The molecule has 0 bridgehead atoms. The van der Waals surface area contributed by atoms with Gasteiger partial charge in [-0.05, 0) is 23.8 Å². The molecule has 0 saturated carbocycles. The molecule has 0 heterocycles. The first-order valence-electron chi connectivity index (χ1n) is 6.17. The molecule has 0 aromatic heterocycles. The first kappa shape index (κ1) is 13.8. The summed E-state index contributed by atoms with van der Waals surface area (Å²) >= 11 is 0. The third-order valence-corrected chi connectivity index (χ3v) is 2.83. The molecule has 4 heteroatoms. The first-order valence-corrected chi connectivity index (χ1v) is 6.17. The van der Waals surface area contributed by atoms with Gasteiger partial charge in [0.1, 0.15) is 0 Å². The molecule has 20 heavy (non-hydrogen) atoms. The highest BCUT2D eigenvalue weighted by Gasteiger charge is 2.09. The summed E-state index contributed by atoms with van der Waals surface area (Å²) in [7, 11) is 1.35. The molecule has 0 fully saturated rings. The van der Waals surface area contributed by atoms with Crippen molar-refractivity contribution in [3.05, 3.63) is 54.1 Å². The summed E-state index contributed by atoms with van der Waals surface area (Å²) in [5, 5.41) is 2.78. The maximum absolute atomic E-state index is 11.6. The second kappa shape index (κ2) is 6.02. The Labute approximate surface area is 117 Å². The third-order valence-electron chi connectivity index (χ3n) is 2.83. The first-order chi connectivity index (χ1) is 9.61. The Morgan fingerprint density at radius 1 is 1.05 bits per heavy atom. The summed E-state index contributed by atoms with van der Waals surface area (Å²) in [5.41, 5.74) is 2.88. The van der Waals surface area contributed by atoms with E-state index in [9.17, 15) is 9.59 Å². The van der Waals surface area contributed by atoms with Gasteiger partial charge in [0.2, 0.25) is 5.91 Å². The Balaban J connectivity index is 2.46. The number of hydrogen-bond donors (Lipinski definition) is 1. The van der Waals surface area contributed by atoms with E-state index in [1.165, 1.54) is 14.0 Å². The smallest absolute Gasteiger partial charge is 0.337 e. The summed E-state index contributed by atoms with van der Waals surface area (Å²) in [6.45, 7) is 1.46. The predicted octanol–water partition coefficient (Wildman–Crippen LogP) is 3.10. The summed E-state index contributed by atoms with van der Waals surface area (Å²) in [6.07, 6.45) is 0. The van der Waals surface area contributed by atoms with Crippen LogP contribution >= 0.6 is 0 Å². The number of carbonyl (C=O) groups excluding carboxylic acids is 2. The summed E-state index contributed by atoms with van der Waals surface area (Å²) < 4.78 is 4.71. The van der Waals surface area contributed by atoms with Gasteiger partial charge in [0, 0.05) is 18.2 Å². The monoisotopic (exact) mass is 269 g/mol. The Hall–Kier alpha value is -2.62. The Morgan fingerprint density at radius 3 is 2.50 bits per heavy atom. The lowest BCUT2D eigenvalue weighted by atomic mass is 10.0. The van der Waals surface area contributed by atoms with Crippen LogP contribution in [0.1, 0.15) is 17.3 Å². The van der Waals surface area contributed by atoms with E-state index in [4.69, 9.17) is 4.74 Å². The van der Waals surface area contributed by atoms with Gasteiger partial charge >= 0.3 is 5.97 Å². The molecule has 1 N–H and O–H groups in total. The average Bonchev–Trinajstić information content (AvgIpc) is 2.46. The van der Waals surface area contributed by atoms with Crippen molar-refractivity contribution in [3.63, 3.8) is 0 Å². The van der Waals surface area contributed by atoms with Crippen molar-refractivity contribution in [3.8, 4) is 11.1 Å². The molecule has 0 aliphatic carbocycles. The fraction of sp³-hybridized carbons (Fsp3) is 0.125. The van der Waals surface area contributed by atoms with E-state index >= 15 is 0 Å². The van der Waals surface area contributed by atoms with Crippen molar-refractivity contribution >= 4 is 17.6 Å². The molecule has 2 aromatic rings. The van der Waals surface area contributed by atoms with Crippen molar-refractivity contribution < 1.29 is 14.3 Å². The molecule has 4 nitrogen and oxygen atoms in total. The van der Waals surface area contributed by atoms with Crippen molar-refractivity contribution in [1.29, 1.82) is 0 Å². The molecule has 0 aliphatic heterocycles. The van der Waals surface area contributed by atoms with Crippen LogP contribution in [0.15, 0.2) is 48.5 Å². The van der Waals surface area contributed by atoms with E-state index in [1.54, 1.807) is 18.2 Å². The van der Waals surface area contributed by atoms with E-state index in [0.29, 0.717) is 11.3 Å². The zero-order valence-corrected chi connectivity index (χ0v) is 11.3. The number of nitrogens with one attached hydrogen (secondary N) is 1. The molecule has 1 amide bonds. The number of rotatable bonds is 3. The molecule has 102 valence electrons. The van der Waals surface area contributed by atoms with Crippen LogP contribution in [0.2, 0.25) is 0 Å². The lowest BCUT2D eigenvalue weighted by molar-refractivity contribution is -0.114. The number of hydrogen-bond acceptors (Lipinski definition) is 3. The SMILES string of the molecule is COC(=O)c1cccc(-c2ccccc2NC(C)=O)c1. The molecular weight excluding hydrogens is 254 g/mol. The van der Waals surface area contributed by atoms with Gasteiger partial charge in [0.05, 0.1) is 12.7 Å². The van der Waals surface area contributed by atoms with Crippen molar-refractivity contribution in [2.75, 3.05) is 12.4 Å². The largest absolute Gasteiger partial charge is 0.465 e. The summed E-state index contributed by atoms with van der Waals surface area (Å²) in [4.78, 5) is 22.8. The highest BCUT2D eigenvalue weighted by Crippen LogP contribution is 2.28. The van der Waals surface area contributed by atoms with E-state index in [1.807, 2.05) is 30.3 Å². The van der Waals surface area contributed by atoms with Crippen molar-refractivity contribution in [1.82, 2.24) is 0 Å². The maximum Gasteiger partial charge on any atom is 0.337 e. The average molecular weight is 269 g/mol. The number of methoxy groups -OCH3 is 1. The lowest BCUT2D eigenvalue weighted by Gasteiger charge is -2.10. The van der Waals surface area contributed by atoms with Gasteiger partial charge in [0.15, 0.2) is 0 Å². The van der Waals surface area contributed by atoms with Gasteiger partial charge < -0.3 is 10.1 Å². The molecule has 0 spiro atoms.